The van der Waals surface area contributed by atoms with Crippen LogP contribution in [-0.2, 0) is 10.0 Å². The number of amides is 1. The molecule has 1 amide bonds. The average molecular weight is 458 g/mol. The van der Waals surface area contributed by atoms with Crippen molar-refractivity contribution in [3.63, 3.8) is 0 Å². The zero-order chi connectivity index (χ0) is 22.4. The molecule has 162 valence electrons. The van der Waals surface area contributed by atoms with E-state index in [-0.39, 0.29) is 15.5 Å². The van der Waals surface area contributed by atoms with Crippen molar-refractivity contribution in [2.75, 3.05) is 23.7 Å². The van der Waals surface area contributed by atoms with Gasteiger partial charge < -0.3 is 10.6 Å². The number of halogens is 1. The van der Waals surface area contributed by atoms with Crippen LogP contribution >= 0.6 is 11.6 Å². The summed E-state index contributed by atoms with van der Waals surface area (Å²) in [6.07, 6.45) is 0. The van der Waals surface area contributed by atoms with Crippen LogP contribution in [0.5, 0.6) is 0 Å². The van der Waals surface area contributed by atoms with Gasteiger partial charge in [0, 0.05) is 30.2 Å². The number of sulfonamides is 1. The standard InChI is InChI=1S/C23H24ClN3O3S/c1-3-27(4-2)31(29,30)20-14-15-22(24)21(16-20)23(28)26-19-12-10-18(11-13-19)25-17-8-6-5-7-9-17/h5-16,25H,3-4H2,1-2H3,(H,26,28). The molecule has 0 saturated heterocycles. The van der Waals surface area contributed by atoms with E-state index in [4.69, 9.17) is 11.6 Å². The van der Waals surface area contributed by atoms with Gasteiger partial charge in [0.1, 0.15) is 0 Å². The Hall–Kier alpha value is -2.87. The summed E-state index contributed by atoms with van der Waals surface area (Å²) in [5, 5.41) is 6.21. The number of benzene rings is 3. The predicted molar refractivity (Wildman–Crippen MR) is 126 cm³/mol. The van der Waals surface area contributed by atoms with Gasteiger partial charge in [0.05, 0.1) is 15.5 Å². The molecule has 0 fully saturated rings. The molecule has 3 rings (SSSR count). The molecule has 8 heteroatoms. The van der Waals surface area contributed by atoms with Crippen LogP contribution in [0.25, 0.3) is 0 Å². The summed E-state index contributed by atoms with van der Waals surface area (Å²) < 4.78 is 26.9. The van der Waals surface area contributed by atoms with E-state index in [1.807, 2.05) is 42.5 Å². The summed E-state index contributed by atoms with van der Waals surface area (Å²) in [5.74, 6) is -0.481. The Kier molecular flexibility index (Phi) is 7.33. The van der Waals surface area contributed by atoms with E-state index in [9.17, 15) is 13.2 Å². The van der Waals surface area contributed by atoms with Crippen LogP contribution in [-0.4, -0.2) is 31.7 Å². The van der Waals surface area contributed by atoms with Crippen molar-refractivity contribution in [3.05, 3.63) is 83.4 Å². The first-order valence-electron chi connectivity index (χ1n) is 9.88. The third-order valence-corrected chi connectivity index (χ3v) is 7.11. The Balaban J connectivity index is 1.77. The van der Waals surface area contributed by atoms with Crippen LogP contribution in [0.1, 0.15) is 24.2 Å². The normalized spacial score (nSPS) is 11.4. The van der Waals surface area contributed by atoms with Gasteiger partial charge in [0.2, 0.25) is 10.0 Å². The lowest BCUT2D eigenvalue weighted by Crippen LogP contribution is -2.30. The number of hydrogen-bond acceptors (Lipinski definition) is 4. The lowest BCUT2D eigenvalue weighted by atomic mass is 10.2. The monoisotopic (exact) mass is 457 g/mol. The number of anilines is 3. The Morgan fingerprint density at radius 2 is 1.45 bits per heavy atom. The van der Waals surface area contributed by atoms with Crippen molar-refractivity contribution < 1.29 is 13.2 Å². The molecule has 3 aromatic rings. The largest absolute Gasteiger partial charge is 0.356 e. The third kappa shape index (κ3) is 5.44. The van der Waals surface area contributed by atoms with E-state index < -0.39 is 15.9 Å². The molecule has 31 heavy (non-hydrogen) atoms. The first kappa shape index (κ1) is 22.8. The van der Waals surface area contributed by atoms with Gasteiger partial charge in [0.25, 0.3) is 5.91 Å². The number of para-hydroxylation sites is 1. The molecule has 0 unspecified atom stereocenters. The topological polar surface area (TPSA) is 78.5 Å². The second kappa shape index (κ2) is 9.96. The van der Waals surface area contributed by atoms with E-state index in [0.717, 1.165) is 11.4 Å². The Morgan fingerprint density at radius 1 is 0.871 bits per heavy atom. The van der Waals surface area contributed by atoms with E-state index in [0.29, 0.717) is 18.8 Å². The number of carbonyl (C=O) groups excluding carboxylic acids is 1. The SMILES string of the molecule is CCN(CC)S(=O)(=O)c1ccc(Cl)c(C(=O)Nc2ccc(Nc3ccccc3)cc2)c1. The number of hydrogen-bond donors (Lipinski definition) is 2. The third-order valence-electron chi connectivity index (χ3n) is 4.73. The molecule has 0 spiro atoms. The second-order valence-corrected chi connectivity index (χ2v) is 9.10. The van der Waals surface area contributed by atoms with Gasteiger partial charge in [-0.2, -0.15) is 4.31 Å². The fraction of sp³-hybridized carbons (Fsp3) is 0.174. The minimum absolute atomic E-state index is 0.0353. The van der Waals surface area contributed by atoms with Gasteiger partial charge in [-0.15, -0.1) is 0 Å². The van der Waals surface area contributed by atoms with E-state index in [1.54, 1.807) is 26.0 Å². The fourth-order valence-electron chi connectivity index (χ4n) is 3.07. The van der Waals surface area contributed by atoms with Crippen molar-refractivity contribution in [2.45, 2.75) is 18.7 Å². The molecule has 2 N–H and O–H groups in total. The van der Waals surface area contributed by atoms with Crippen LogP contribution in [0.15, 0.2) is 77.7 Å². The number of carbonyl (C=O) groups is 1. The van der Waals surface area contributed by atoms with Crippen LogP contribution < -0.4 is 10.6 Å². The zero-order valence-corrected chi connectivity index (χ0v) is 18.9. The zero-order valence-electron chi connectivity index (χ0n) is 17.3. The molecule has 6 nitrogen and oxygen atoms in total. The molecule has 0 aliphatic heterocycles. The molecule has 0 radical (unpaired) electrons. The second-order valence-electron chi connectivity index (χ2n) is 6.75. The maximum atomic E-state index is 12.8. The predicted octanol–water partition coefficient (Wildman–Crippen LogP) is 5.37. The summed E-state index contributed by atoms with van der Waals surface area (Å²) >= 11 is 6.19. The van der Waals surface area contributed by atoms with Crippen molar-refractivity contribution in [1.82, 2.24) is 4.31 Å². The molecule has 0 heterocycles. The molecule has 0 aromatic heterocycles. The van der Waals surface area contributed by atoms with Crippen LogP contribution in [0.4, 0.5) is 17.1 Å². The minimum Gasteiger partial charge on any atom is -0.356 e. The summed E-state index contributed by atoms with van der Waals surface area (Å²) in [6, 6.07) is 21.1. The Morgan fingerprint density at radius 3 is 2.06 bits per heavy atom. The smallest absolute Gasteiger partial charge is 0.257 e. The van der Waals surface area contributed by atoms with E-state index in [1.165, 1.54) is 22.5 Å². The molecule has 0 saturated carbocycles. The molecular weight excluding hydrogens is 434 g/mol. The van der Waals surface area contributed by atoms with Crippen LogP contribution in [0.2, 0.25) is 5.02 Å². The lowest BCUT2D eigenvalue weighted by Gasteiger charge is -2.19. The molecule has 0 aliphatic rings. The lowest BCUT2D eigenvalue weighted by molar-refractivity contribution is 0.102. The number of nitrogens with one attached hydrogen (secondary N) is 2. The highest BCUT2D eigenvalue weighted by molar-refractivity contribution is 7.89. The van der Waals surface area contributed by atoms with Gasteiger partial charge in [-0.3, -0.25) is 4.79 Å². The molecule has 0 bridgehead atoms. The maximum absolute atomic E-state index is 12.8. The maximum Gasteiger partial charge on any atom is 0.257 e. The van der Waals surface area contributed by atoms with Gasteiger partial charge in [-0.1, -0.05) is 43.6 Å². The number of nitrogens with zero attached hydrogens (tertiary/aromatic N) is 1. The highest BCUT2D eigenvalue weighted by Crippen LogP contribution is 2.25. The number of rotatable bonds is 8. The summed E-state index contributed by atoms with van der Waals surface area (Å²) in [5.41, 5.74) is 2.49. The van der Waals surface area contributed by atoms with Gasteiger partial charge >= 0.3 is 0 Å². The quantitative estimate of drug-likeness (QED) is 0.476. The van der Waals surface area contributed by atoms with Crippen LogP contribution in [0, 0.1) is 0 Å². The van der Waals surface area contributed by atoms with E-state index in [2.05, 4.69) is 10.6 Å². The molecule has 0 atom stereocenters. The van der Waals surface area contributed by atoms with Crippen LogP contribution in [0.3, 0.4) is 0 Å². The fourth-order valence-corrected chi connectivity index (χ4v) is 4.76. The highest BCUT2D eigenvalue weighted by Gasteiger charge is 2.24. The first-order valence-corrected chi connectivity index (χ1v) is 11.7. The van der Waals surface area contributed by atoms with Gasteiger partial charge in [-0.25, -0.2) is 8.42 Å². The van der Waals surface area contributed by atoms with Crippen molar-refractivity contribution in [3.8, 4) is 0 Å². The first-order chi connectivity index (χ1) is 14.8. The Bertz CT molecular complexity index is 1150. The van der Waals surface area contributed by atoms with Crippen molar-refractivity contribution >= 4 is 44.6 Å². The molecule has 0 aliphatic carbocycles. The molecule has 3 aromatic carbocycles. The van der Waals surface area contributed by atoms with Crippen molar-refractivity contribution in [1.29, 1.82) is 0 Å². The highest BCUT2D eigenvalue weighted by atomic mass is 35.5. The van der Waals surface area contributed by atoms with Crippen molar-refractivity contribution in [2.24, 2.45) is 0 Å². The summed E-state index contributed by atoms with van der Waals surface area (Å²) in [4.78, 5) is 12.8. The minimum atomic E-state index is -3.70. The van der Waals surface area contributed by atoms with Gasteiger partial charge in [-0.05, 0) is 54.6 Å². The van der Waals surface area contributed by atoms with E-state index >= 15 is 0 Å². The average Bonchev–Trinajstić information content (AvgIpc) is 2.76. The Labute approximate surface area is 187 Å². The summed E-state index contributed by atoms with van der Waals surface area (Å²) in [6.45, 7) is 4.21. The van der Waals surface area contributed by atoms with Gasteiger partial charge in [0.15, 0.2) is 0 Å². The molecular formula is C23H24ClN3O3S. The summed E-state index contributed by atoms with van der Waals surface area (Å²) in [7, 11) is -3.70.